The Morgan fingerprint density at radius 2 is 2.00 bits per heavy atom. The highest BCUT2D eigenvalue weighted by Gasteiger charge is 2.19. The van der Waals surface area contributed by atoms with Crippen molar-refractivity contribution in [2.24, 2.45) is 4.99 Å². The van der Waals surface area contributed by atoms with E-state index in [0.29, 0.717) is 41.1 Å². The van der Waals surface area contributed by atoms with E-state index in [9.17, 15) is 4.79 Å². The fourth-order valence-corrected chi connectivity index (χ4v) is 2.93. The van der Waals surface area contributed by atoms with Crippen molar-refractivity contribution >= 4 is 29.1 Å². The number of aromatic nitrogens is 1. The molecule has 0 radical (unpaired) electrons. The van der Waals surface area contributed by atoms with Gasteiger partial charge < -0.3 is 14.8 Å². The molecule has 140 valence electrons. The summed E-state index contributed by atoms with van der Waals surface area (Å²) in [5, 5.41) is 3.43. The zero-order chi connectivity index (χ0) is 19.3. The predicted molar refractivity (Wildman–Crippen MR) is 108 cm³/mol. The third kappa shape index (κ3) is 3.97. The highest BCUT2D eigenvalue weighted by molar-refractivity contribution is 6.30. The minimum Gasteiger partial charge on any atom is -0.475 e. The molecule has 7 heteroatoms. The topological polar surface area (TPSA) is 72.8 Å². The molecule has 0 fully saturated rings. The molecule has 28 heavy (non-hydrogen) atoms. The Labute approximate surface area is 166 Å². The van der Waals surface area contributed by atoms with Crippen LogP contribution in [0.1, 0.15) is 15.9 Å². The zero-order valence-electron chi connectivity index (χ0n) is 14.8. The van der Waals surface area contributed by atoms with Gasteiger partial charge in [-0.15, -0.1) is 0 Å². The van der Waals surface area contributed by atoms with Crippen molar-refractivity contribution in [1.29, 1.82) is 0 Å². The molecular weight excluding hydrogens is 378 g/mol. The number of rotatable bonds is 5. The van der Waals surface area contributed by atoms with Gasteiger partial charge in [0.1, 0.15) is 17.9 Å². The first-order valence-corrected chi connectivity index (χ1v) is 9.05. The number of amides is 1. The highest BCUT2D eigenvalue weighted by Crippen LogP contribution is 2.26. The van der Waals surface area contributed by atoms with Crippen molar-refractivity contribution in [3.8, 4) is 11.6 Å². The molecule has 3 aromatic rings. The molecule has 0 bridgehead atoms. The Bertz CT molecular complexity index is 1050. The first-order chi connectivity index (χ1) is 13.7. The van der Waals surface area contributed by atoms with Gasteiger partial charge in [0.05, 0.1) is 17.8 Å². The summed E-state index contributed by atoms with van der Waals surface area (Å²) in [6.07, 6.45) is 1.56. The lowest BCUT2D eigenvalue weighted by Gasteiger charge is -2.13. The van der Waals surface area contributed by atoms with Gasteiger partial charge in [-0.05, 0) is 42.5 Å². The molecule has 0 aliphatic carbocycles. The molecule has 1 aromatic heterocycles. The molecule has 0 saturated carbocycles. The molecule has 1 N–H and O–H groups in total. The van der Waals surface area contributed by atoms with Gasteiger partial charge in [-0.25, -0.2) is 9.98 Å². The quantitative estimate of drug-likeness (QED) is 0.689. The first-order valence-electron chi connectivity index (χ1n) is 8.67. The molecule has 1 amide bonds. The van der Waals surface area contributed by atoms with Crippen molar-refractivity contribution in [2.45, 2.75) is 0 Å². The van der Waals surface area contributed by atoms with E-state index >= 15 is 0 Å². The minimum atomic E-state index is -0.351. The summed E-state index contributed by atoms with van der Waals surface area (Å²) in [5.41, 5.74) is 1.63. The summed E-state index contributed by atoms with van der Waals surface area (Å²) in [7, 11) is 0. The van der Waals surface area contributed by atoms with E-state index in [1.54, 1.807) is 48.7 Å². The number of pyridine rings is 1. The maximum absolute atomic E-state index is 12.9. The van der Waals surface area contributed by atoms with E-state index in [2.05, 4.69) is 15.3 Å². The average molecular weight is 394 g/mol. The average Bonchev–Trinajstić information content (AvgIpc) is 3.23. The summed E-state index contributed by atoms with van der Waals surface area (Å²) in [4.78, 5) is 21.4. The molecule has 2 heterocycles. The summed E-state index contributed by atoms with van der Waals surface area (Å²) in [5.74, 6) is 0.859. The van der Waals surface area contributed by atoms with Crippen LogP contribution in [0.5, 0.6) is 11.6 Å². The van der Waals surface area contributed by atoms with E-state index in [0.717, 1.165) is 5.56 Å². The number of nitrogens with zero attached hydrogens (tertiary/aromatic N) is 2. The number of hydrogen-bond acceptors (Lipinski definition) is 5. The molecule has 1 aliphatic rings. The van der Waals surface area contributed by atoms with Crippen molar-refractivity contribution in [1.82, 2.24) is 4.98 Å². The van der Waals surface area contributed by atoms with Gasteiger partial charge >= 0.3 is 0 Å². The number of benzene rings is 2. The SMILES string of the molecule is O=C(Nc1ccccc1C1=NCCO1)c1cccnc1Oc1cccc(Cl)c1. The Morgan fingerprint density at radius 1 is 1.11 bits per heavy atom. The van der Waals surface area contributed by atoms with Gasteiger partial charge in [-0.1, -0.05) is 29.8 Å². The van der Waals surface area contributed by atoms with Crippen LogP contribution in [0.15, 0.2) is 71.9 Å². The van der Waals surface area contributed by atoms with Crippen molar-refractivity contribution in [3.63, 3.8) is 0 Å². The van der Waals surface area contributed by atoms with Gasteiger partial charge in [0.15, 0.2) is 0 Å². The fourth-order valence-electron chi connectivity index (χ4n) is 2.75. The second-order valence-electron chi connectivity index (χ2n) is 5.95. The van der Waals surface area contributed by atoms with E-state index in [-0.39, 0.29) is 11.8 Å². The van der Waals surface area contributed by atoms with Crippen LogP contribution in [0.4, 0.5) is 5.69 Å². The second-order valence-corrected chi connectivity index (χ2v) is 6.39. The minimum absolute atomic E-state index is 0.189. The molecule has 6 nitrogen and oxygen atoms in total. The van der Waals surface area contributed by atoms with Crippen molar-refractivity contribution in [2.75, 3.05) is 18.5 Å². The summed E-state index contributed by atoms with van der Waals surface area (Å²) in [6, 6.07) is 17.6. The Morgan fingerprint density at radius 3 is 2.82 bits per heavy atom. The fraction of sp³-hybridized carbons (Fsp3) is 0.0952. The maximum Gasteiger partial charge on any atom is 0.261 e. The largest absolute Gasteiger partial charge is 0.475 e. The van der Waals surface area contributed by atoms with Gasteiger partial charge in [-0.3, -0.25) is 4.79 Å². The van der Waals surface area contributed by atoms with Crippen LogP contribution in [-0.2, 0) is 4.74 Å². The summed E-state index contributed by atoms with van der Waals surface area (Å²) in [6.45, 7) is 1.15. The Hall–Kier alpha value is -3.38. The van der Waals surface area contributed by atoms with Crippen LogP contribution in [0, 0.1) is 0 Å². The van der Waals surface area contributed by atoms with E-state index in [1.807, 2.05) is 18.2 Å². The van der Waals surface area contributed by atoms with E-state index in [4.69, 9.17) is 21.1 Å². The number of para-hydroxylation sites is 1. The molecular formula is C21H16ClN3O3. The molecule has 1 aliphatic heterocycles. The van der Waals surface area contributed by atoms with Gasteiger partial charge in [-0.2, -0.15) is 0 Å². The van der Waals surface area contributed by atoms with Crippen LogP contribution in [0.2, 0.25) is 5.02 Å². The standard InChI is InChI=1S/C21H16ClN3O3/c22-14-5-3-6-15(13-14)28-21-17(8-4-10-23-21)19(26)25-18-9-2-1-7-16(18)20-24-11-12-27-20/h1-10,13H,11-12H2,(H,25,26). The van der Waals surface area contributed by atoms with E-state index < -0.39 is 0 Å². The number of hydrogen-bond donors (Lipinski definition) is 1. The predicted octanol–water partition coefficient (Wildman–Crippen LogP) is 4.56. The molecule has 0 unspecified atom stereocenters. The smallest absolute Gasteiger partial charge is 0.261 e. The number of aliphatic imine (C=N–C) groups is 1. The molecule has 0 spiro atoms. The molecule has 0 atom stereocenters. The summed E-state index contributed by atoms with van der Waals surface area (Å²) >= 11 is 6.00. The number of nitrogens with one attached hydrogen (secondary N) is 1. The maximum atomic E-state index is 12.9. The number of ether oxygens (including phenoxy) is 2. The number of carbonyl (C=O) groups is 1. The summed E-state index contributed by atoms with van der Waals surface area (Å²) < 4.78 is 11.3. The lowest BCUT2D eigenvalue weighted by Crippen LogP contribution is -2.16. The van der Waals surface area contributed by atoms with Crippen LogP contribution in [0.3, 0.4) is 0 Å². The van der Waals surface area contributed by atoms with Gasteiger partial charge in [0, 0.05) is 11.2 Å². The lowest BCUT2D eigenvalue weighted by atomic mass is 10.1. The monoisotopic (exact) mass is 393 g/mol. The van der Waals surface area contributed by atoms with Gasteiger partial charge in [0.2, 0.25) is 11.8 Å². The third-order valence-electron chi connectivity index (χ3n) is 4.02. The molecule has 4 rings (SSSR count). The zero-order valence-corrected chi connectivity index (χ0v) is 15.5. The van der Waals surface area contributed by atoms with Crippen molar-refractivity contribution in [3.05, 3.63) is 83.0 Å². The van der Waals surface area contributed by atoms with Crippen LogP contribution in [0.25, 0.3) is 0 Å². The number of anilines is 1. The van der Waals surface area contributed by atoms with Crippen molar-refractivity contribution < 1.29 is 14.3 Å². The van der Waals surface area contributed by atoms with Crippen LogP contribution in [-0.4, -0.2) is 29.9 Å². The van der Waals surface area contributed by atoms with Gasteiger partial charge in [0.25, 0.3) is 5.91 Å². The highest BCUT2D eigenvalue weighted by atomic mass is 35.5. The lowest BCUT2D eigenvalue weighted by molar-refractivity contribution is 0.102. The second kappa shape index (κ2) is 8.10. The Kier molecular flexibility index (Phi) is 5.21. The third-order valence-corrected chi connectivity index (χ3v) is 4.25. The van der Waals surface area contributed by atoms with Crippen LogP contribution < -0.4 is 10.1 Å². The normalized spacial score (nSPS) is 12.8. The Balaban J connectivity index is 1.60. The molecule has 2 aromatic carbocycles. The number of carbonyl (C=O) groups excluding carboxylic acids is 1. The number of halogens is 1. The molecule has 0 saturated heterocycles. The van der Waals surface area contributed by atoms with E-state index in [1.165, 1.54) is 0 Å². The van der Waals surface area contributed by atoms with Crippen LogP contribution >= 0.6 is 11.6 Å². The first kappa shape index (κ1) is 18.0.